The molecule has 1 aliphatic rings. The number of carboxylic acids is 1. The Kier molecular flexibility index (Phi) is 7.80. The van der Waals surface area contributed by atoms with Crippen LogP contribution in [0.1, 0.15) is 53.6 Å². The summed E-state index contributed by atoms with van der Waals surface area (Å²) in [5.74, 6) is -1.78. The van der Waals surface area contributed by atoms with E-state index in [0.717, 1.165) is 17.2 Å². The van der Waals surface area contributed by atoms with Crippen LogP contribution in [0.4, 0.5) is 13.2 Å². The summed E-state index contributed by atoms with van der Waals surface area (Å²) in [4.78, 5) is 39.9. The second-order valence-electron chi connectivity index (χ2n) is 9.89. The number of carbonyl (C=O) groups excluding carboxylic acids is 2. The van der Waals surface area contributed by atoms with E-state index in [1.165, 1.54) is 12.1 Å². The van der Waals surface area contributed by atoms with Gasteiger partial charge >= 0.3 is 12.1 Å². The van der Waals surface area contributed by atoms with Crippen molar-refractivity contribution in [2.75, 3.05) is 6.54 Å². The van der Waals surface area contributed by atoms with E-state index in [0.29, 0.717) is 36.0 Å². The van der Waals surface area contributed by atoms with Crippen LogP contribution < -0.4 is 10.6 Å². The molecule has 0 radical (unpaired) electrons. The summed E-state index contributed by atoms with van der Waals surface area (Å²) in [6.45, 7) is 2.35. The quantitative estimate of drug-likeness (QED) is 0.307. The molecule has 38 heavy (non-hydrogen) atoms. The maximum atomic E-state index is 13.5. The molecule has 10 heteroatoms. The van der Waals surface area contributed by atoms with Gasteiger partial charge in [-0.2, -0.15) is 13.2 Å². The van der Waals surface area contributed by atoms with Crippen molar-refractivity contribution in [3.63, 3.8) is 0 Å². The molecule has 1 aromatic heterocycles. The summed E-state index contributed by atoms with van der Waals surface area (Å²) in [5.41, 5.74) is 0.560. The molecule has 0 saturated carbocycles. The minimum absolute atomic E-state index is 0.0598. The summed E-state index contributed by atoms with van der Waals surface area (Å²) in [6, 6.07) is 11.5. The van der Waals surface area contributed by atoms with E-state index in [9.17, 15) is 32.7 Å². The Morgan fingerprint density at radius 3 is 2.55 bits per heavy atom. The van der Waals surface area contributed by atoms with Gasteiger partial charge in [0.05, 0.1) is 17.5 Å². The number of hydrogen-bond acceptors (Lipinski definition) is 3. The van der Waals surface area contributed by atoms with Crippen molar-refractivity contribution in [2.45, 2.75) is 63.6 Å². The number of aryl methyl sites for hydroxylation is 2. The third-order valence-electron chi connectivity index (χ3n) is 7.00. The highest BCUT2D eigenvalue weighted by atomic mass is 19.4. The van der Waals surface area contributed by atoms with Crippen LogP contribution in [0.15, 0.2) is 42.5 Å². The molecule has 0 fully saturated rings. The number of H-pyrrole nitrogens is 1. The van der Waals surface area contributed by atoms with Crippen molar-refractivity contribution in [1.29, 1.82) is 0 Å². The predicted molar refractivity (Wildman–Crippen MR) is 136 cm³/mol. The second kappa shape index (κ2) is 10.9. The summed E-state index contributed by atoms with van der Waals surface area (Å²) in [5, 5.41) is 15.8. The lowest BCUT2D eigenvalue weighted by Crippen LogP contribution is -2.57. The number of alkyl halides is 3. The Morgan fingerprint density at radius 2 is 1.84 bits per heavy atom. The number of hydrogen-bond donors (Lipinski definition) is 4. The molecule has 1 aliphatic carbocycles. The van der Waals surface area contributed by atoms with Crippen LogP contribution in [0.3, 0.4) is 0 Å². The van der Waals surface area contributed by atoms with Crippen molar-refractivity contribution < 1.29 is 32.7 Å². The lowest BCUT2D eigenvalue weighted by atomic mass is 9.79. The van der Waals surface area contributed by atoms with Crippen molar-refractivity contribution >= 4 is 28.7 Å². The van der Waals surface area contributed by atoms with Gasteiger partial charge in [0.15, 0.2) is 0 Å². The number of amides is 2. The zero-order chi connectivity index (χ0) is 27.5. The molecule has 1 heterocycles. The number of aliphatic carboxylic acids is 1. The average Bonchev–Trinajstić information content (AvgIpc) is 3.21. The molecular weight excluding hydrogens is 499 g/mol. The lowest BCUT2D eigenvalue weighted by molar-refractivity contribution is -0.148. The topological polar surface area (TPSA) is 111 Å². The van der Waals surface area contributed by atoms with Crippen LogP contribution in [0, 0.1) is 6.92 Å². The van der Waals surface area contributed by atoms with E-state index in [4.69, 9.17) is 0 Å². The summed E-state index contributed by atoms with van der Waals surface area (Å²) in [7, 11) is 0. The van der Waals surface area contributed by atoms with E-state index in [2.05, 4.69) is 15.6 Å². The minimum Gasteiger partial charge on any atom is -0.479 e. The number of unbranched alkanes of at least 4 members (excludes halogenated alkanes) is 1. The molecule has 0 bridgehead atoms. The fourth-order valence-electron chi connectivity index (χ4n) is 5.09. The molecule has 3 aromatic rings. The fourth-order valence-corrected chi connectivity index (χ4v) is 5.09. The van der Waals surface area contributed by atoms with Gasteiger partial charge in [0.25, 0.3) is 0 Å². The molecule has 0 unspecified atom stereocenters. The van der Waals surface area contributed by atoms with E-state index in [1.807, 2.05) is 31.2 Å². The number of carboxylic acid groups (broad SMARTS) is 1. The van der Waals surface area contributed by atoms with E-state index < -0.39 is 29.2 Å². The summed E-state index contributed by atoms with van der Waals surface area (Å²) in [6.07, 6.45) is -3.08. The maximum Gasteiger partial charge on any atom is 0.418 e. The van der Waals surface area contributed by atoms with Crippen LogP contribution in [0.2, 0.25) is 0 Å². The van der Waals surface area contributed by atoms with Crippen molar-refractivity contribution in [2.24, 2.45) is 0 Å². The van der Waals surface area contributed by atoms with Crippen LogP contribution in [-0.2, 0) is 39.8 Å². The van der Waals surface area contributed by atoms with Gasteiger partial charge < -0.3 is 20.7 Å². The molecule has 0 saturated heterocycles. The number of benzene rings is 2. The van der Waals surface area contributed by atoms with Gasteiger partial charge in [-0.25, -0.2) is 4.79 Å². The summed E-state index contributed by atoms with van der Waals surface area (Å²) < 4.78 is 40.4. The van der Waals surface area contributed by atoms with Crippen molar-refractivity contribution in [3.8, 4) is 0 Å². The third-order valence-corrected chi connectivity index (χ3v) is 7.00. The largest absolute Gasteiger partial charge is 0.479 e. The molecule has 0 aliphatic heterocycles. The Labute approximate surface area is 217 Å². The predicted octanol–water partition coefficient (Wildman–Crippen LogP) is 4.45. The summed E-state index contributed by atoms with van der Waals surface area (Å²) >= 11 is 0. The van der Waals surface area contributed by atoms with E-state index >= 15 is 0 Å². The first kappa shape index (κ1) is 27.2. The van der Waals surface area contributed by atoms with Gasteiger partial charge in [-0.1, -0.05) is 42.0 Å². The van der Waals surface area contributed by atoms with Crippen LogP contribution in [0.5, 0.6) is 0 Å². The van der Waals surface area contributed by atoms with Crippen LogP contribution in [-0.4, -0.2) is 40.0 Å². The van der Waals surface area contributed by atoms with Gasteiger partial charge in [-0.15, -0.1) is 0 Å². The average molecular weight is 530 g/mol. The van der Waals surface area contributed by atoms with Crippen LogP contribution >= 0.6 is 0 Å². The molecule has 7 nitrogen and oxygen atoms in total. The molecule has 2 aromatic carbocycles. The molecule has 2 amide bonds. The van der Waals surface area contributed by atoms with Gasteiger partial charge in [-0.05, 0) is 49.8 Å². The molecular formula is C28H30F3N3O4. The lowest BCUT2D eigenvalue weighted by Gasteiger charge is -2.34. The van der Waals surface area contributed by atoms with Gasteiger partial charge in [0.1, 0.15) is 5.54 Å². The number of rotatable bonds is 9. The highest BCUT2D eigenvalue weighted by Gasteiger charge is 2.44. The maximum absolute atomic E-state index is 13.5. The first-order valence-electron chi connectivity index (χ1n) is 12.5. The molecule has 202 valence electrons. The Balaban J connectivity index is 1.33. The highest BCUT2D eigenvalue weighted by molar-refractivity contribution is 5.92. The molecule has 4 N–H and O–H groups in total. The van der Waals surface area contributed by atoms with Gasteiger partial charge in [0, 0.05) is 30.5 Å². The number of para-hydroxylation sites is 1. The number of nitrogens with one attached hydrogen (secondary N) is 3. The second-order valence-corrected chi connectivity index (χ2v) is 9.89. The normalized spacial score (nSPS) is 17.2. The number of aromatic nitrogens is 1. The Hall–Kier alpha value is -3.82. The standard InChI is InChI=1S/C28H30F3N3O4/c1-17-6-4-7-18(14-17)15-24(36)32-13-3-2-10-23(35)34-27(26(37)38)12-11-22-20(16-27)19-8-5-9-21(25(19)33-22)28(29,30)31/h4-9,14,33H,2-3,10-13,15-16H2,1H3,(H,32,36)(H,34,35)(H,37,38)/t27-/m1/s1. The van der Waals surface area contributed by atoms with Crippen LogP contribution in [0.25, 0.3) is 10.9 Å². The van der Waals surface area contributed by atoms with E-state index in [-0.39, 0.29) is 43.5 Å². The third kappa shape index (κ3) is 6.00. The number of fused-ring (bicyclic) bond motifs is 3. The Morgan fingerprint density at radius 1 is 1.08 bits per heavy atom. The zero-order valence-electron chi connectivity index (χ0n) is 21.0. The number of aromatic amines is 1. The monoisotopic (exact) mass is 529 g/mol. The number of carbonyl (C=O) groups is 3. The zero-order valence-corrected chi connectivity index (χ0v) is 21.0. The SMILES string of the molecule is Cc1cccc(CC(=O)NCCCCC(=O)N[C@]2(C(=O)O)CCc3[nH]c4c(C(F)(F)F)cccc4c3C2)c1. The Bertz CT molecular complexity index is 1370. The minimum atomic E-state index is -4.55. The van der Waals surface area contributed by atoms with Crippen molar-refractivity contribution in [3.05, 3.63) is 70.4 Å². The smallest absolute Gasteiger partial charge is 0.418 e. The molecule has 4 rings (SSSR count). The molecule has 0 spiro atoms. The van der Waals surface area contributed by atoms with E-state index in [1.54, 1.807) is 0 Å². The van der Waals surface area contributed by atoms with Gasteiger partial charge in [-0.3, -0.25) is 9.59 Å². The van der Waals surface area contributed by atoms with Gasteiger partial charge in [0.2, 0.25) is 11.8 Å². The first-order chi connectivity index (χ1) is 18.0. The molecule has 1 atom stereocenters. The number of halogens is 3. The van der Waals surface area contributed by atoms with Crippen molar-refractivity contribution in [1.82, 2.24) is 15.6 Å². The fraction of sp³-hybridized carbons (Fsp3) is 0.393. The highest BCUT2D eigenvalue weighted by Crippen LogP contribution is 2.40. The first-order valence-corrected chi connectivity index (χ1v) is 12.5.